The molecule has 2 aromatic rings. The van der Waals surface area contributed by atoms with Crippen LogP contribution in [0.25, 0.3) is 0 Å². The van der Waals surface area contributed by atoms with Crippen LogP contribution >= 0.6 is 11.8 Å². The van der Waals surface area contributed by atoms with Gasteiger partial charge in [0, 0.05) is 37.0 Å². The Bertz CT molecular complexity index is 753. The highest BCUT2D eigenvalue weighted by Gasteiger charge is 2.09. The molecule has 1 aliphatic rings. The Hall–Kier alpha value is -2.01. The first-order chi connectivity index (χ1) is 11.2. The second-order valence-electron chi connectivity index (χ2n) is 5.48. The van der Waals surface area contributed by atoms with Crippen LogP contribution in [0.4, 0.5) is 0 Å². The first-order valence-corrected chi connectivity index (χ1v) is 8.75. The molecule has 1 aliphatic heterocycles. The Morgan fingerprint density at radius 2 is 2.13 bits per heavy atom. The second-order valence-corrected chi connectivity index (χ2v) is 6.65. The quantitative estimate of drug-likeness (QED) is 0.817. The van der Waals surface area contributed by atoms with Gasteiger partial charge in [-0.05, 0) is 12.5 Å². The minimum atomic E-state index is -0.0673. The molecular weight excluding hydrogens is 308 g/mol. The largest absolute Gasteiger partial charge is 0.483 e. The Morgan fingerprint density at radius 1 is 1.30 bits per heavy atom. The van der Waals surface area contributed by atoms with E-state index in [1.165, 1.54) is 5.04 Å². The number of benzene rings is 1. The van der Waals surface area contributed by atoms with E-state index in [4.69, 9.17) is 4.74 Å². The molecule has 1 aromatic heterocycles. The summed E-state index contributed by atoms with van der Waals surface area (Å²) in [5, 5.41) is 1.20. The summed E-state index contributed by atoms with van der Waals surface area (Å²) in [4.78, 5) is 16.6. The van der Waals surface area contributed by atoms with Gasteiger partial charge in [0.25, 0.3) is 0 Å². The van der Waals surface area contributed by atoms with Gasteiger partial charge in [-0.1, -0.05) is 30.3 Å². The summed E-state index contributed by atoms with van der Waals surface area (Å²) in [6.07, 6.45) is 2.73. The molecule has 0 amide bonds. The smallest absolute Gasteiger partial charge is 0.223 e. The number of hydrogen-bond donors (Lipinski definition) is 0. The van der Waals surface area contributed by atoms with Gasteiger partial charge in [0.2, 0.25) is 5.43 Å². The summed E-state index contributed by atoms with van der Waals surface area (Å²) >= 11 is 1.83. The Kier molecular flexibility index (Phi) is 5.18. The van der Waals surface area contributed by atoms with Crippen molar-refractivity contribution >= 4 is 16.8 Å². The number of ether oxygens (including phenoxy) is 1. The summed E-state index contributed by atoms with van der Waals surface area (Å²) in [6.45, 7) is 4.10. The number of pyridine rings is 1. The standard InChI is InChI=1S/C18H20N2O2S/c1-14-11-16(21)17(22-13-15-5-3-2-4-6-15)12-20(14)9-7-18-19-8-10-23-18/h2-6,11-12H,7-10,13H2,1H3. The van der Waals surface area contributed by atoms with Crippen LogP contribution in [0.5, 0.6) is 5.75 Å². The van der Waals surface area contributed by atoms with Gasteiger partial charge < -0.3 is 9.30 Å². The van der Waals surface area contributed by atoms with Crippen molar-refractivity contribution in [1.29, 1.82) is 0 Å². The zero-order chi connectivity index (χ0) is 16.1. The van der Waals surface area contributed by atoms with Gasteiger partial charge in [-0.25, -0.2) is 0 Å². The number of nitrogens with zero attached hydrogens (tertiary/aromatic N) is 2. The normalized spacial score (nSPS) is 13.9. The van der Waals surface area contributed by atoms with Crippen molar-refractivity contribution in [3.8, 4) is 5.75 Å². The first-order valence-electron chi connectivity index (χ1n) is 7.76. The van der Waals surface area contributed by atoms with Gasteiger partial charge in [-0.15, -0.1) is 11.8 Å². The molecule has 120 valence electrons. The molecular formula is C18H20N2O2S. The van der Waals surface area contributed by atoms with Gasteiger partial charge in [0.05, 0.1) is 11.2 Å². The predicted octanol–water partition coefficient (Wildman–Crippen LogP) is 3.27. The van der Waals surface area contributed by atoms with Gasteiger partial charge in [-0.3, -0.25) is 9.79 Å². The summed E-state index contributed by atoms with van der Waals surface area (Å²) in [5.41, 5.74) is 1.93. The number of aromatic nitrogens is 1. The molecule has 3 rings (SSSR count). The van der Waals surface area contributed by atoms with Gasteiger partial charge >= 0.3 is 0 Å². The van der Waals surface area contributed by atoms with Crippen LogP contribution < -0.4 is 10.2 Å². The minimum absolute atomic E-state index is 0.0673. The van der Waals surface area contributed by atoms with E-state index in [9.17, 15) is 4.79 Å². The molecule has 0 saturated heterocycles. The lowest BCUT2D eigenvalue weighted by atomic mass is 10.2. The van der Waals surface area contributed by atoms with Crippen LogP contribution in [-0.2, 0) is 13.2 Å². The SMILES string of the molecule is Cc1cc(=O)c(OCc2ccccc2)cn1CCC1=NCCS1. The van der Waals surface area contributed by atoms with Crippen molar-refractivity contribution in [3.05, 3.63) is 64.1 Å². The van der Waals surface area contributed by atoms with Crippen molar-refractivity contribution in [2.75, 3.05) is 12.3 Å². The first kappa shape index (κ1) is 15.9. The van der Waals surface area contributed by atoms with E-state index in [-0.39, 0.29) is 5.43 Å². The zero-order valence-corrected chi connectivity index (χ0v) is 14.0. The lowest BCUT2D eigenvalue weighted by molar-refractivity contribution is 0.300. The van der Waals surface area contributed by atoms with Crippen LogP contribution in [0.15, 0.2) is 52.4 Å². The highest BCUT2D eigenvalue weighted by Crippen LogP contribution is 2.16. The van der Waals surface area contributed by atoms with E-state index < -0.39 is 0 Å². The van der Waals surface area contributed by atoms with Crippen molar-refractivity contribution in [1.82, 2.24) is 4.57 Å². The highest BCUT2D eigenvalue weighted by molar-refractivity contribution is 8.14. The maximum atomic E-state index is 12.1. The minimum Gasteiger partial charge on any atom is -0.483 e. The number of thioether (sulfide) groups is 1. The van der Waals surface area contributed by atoms with E-state index >= 15 is 0 Å². The molecule has 23 heavy (non-hydrogen) atoms. The molecule has 0 N–H and O–H groups in total. The van der Waals surface area contributed by atoms with Crippen molar-refractivity contribution in [2.45, 2.75) is 26.5 Å². The van der Waals surface area contributed by atoms with Gasteiger partial charge in [-0.2, -0.15) is 0 Å². The van der Waals surface area contributed by atoms with E-state index in [2.05, 4.69) is 9.56 Å². The zero-order valence-electron chi connectivity index (χ0n) is 13.2. The van der Waals surface area contributed by atoms with Crippen LogP contribution in [-0.4, -0.2) is 21.9 Å². The third-order valence-electron chi connectivity index (χ3n) is 3.76. The molecule has 0 radical (unpaired) electrons. The van der Waals surface area contributed by atoms with Crippen molar-refractivity contribution < 1.29 is 4.74 Å². The van der Waals surface area contributed by atoms with Crippen LogP contribution in [0.2, 0.25) is 0 Å². The van der Waals surface area contributed by atoms with Crippen molar-refractivity contribution in [2.24, 2.45) is 4.99 Å². The predicted molar refractivity (Wildman–Crippen MR) is 95.6 cm³/mol. The third kappa shape index (κ3) is 4.26. The summed E-state index contributed by atoms with van der Waals surface area (Å²) < 4.78 is 7.79. The maximum Gasteiger partial charge on any atom is 0.223 e. The molecule has 0 atom stereocenters. The average Bonchev–Trinajstić information content (AvgIpc) is 3.07. The van der Waals surface area contributed by atoms with Gasteiger partial charge in [0.15, 0.2) is 5.75 Å². The molecule has 2 heterocycles. The summed E-state index contributed by atoms with van der Waals surface area (Å²) in [5.74, 6) is 1.49. The molecule has 4 nitrogen and oxygen atoms in total. The molecule has 0 bridgehead atoms. The monoisotopic (exact) mass is 328 g/mol. The number of hydrogen-bond acceptors (Lipinski definition) is 4. The fourth-order valence-corrected chi connectivity index (χ4v) is 3.32. The fourth-order valence-electron chi connectivity index (χ4n) is 2.48. The van der Waals surface area contributed by atoms with Crippen molar-refractivity contribution in [3.63, 3.8) is 0 Å². The van der Waals surface area contributed by atoms with Crippen LogP contribution in [0.3, 0.4) is 0 Å². The van der Waals surface area contributed by atoms with E-state index in [1.54, 1.807) is 6.07 Å². The lowest BCUT2D eigenvalue weighted by Gasteiger charge is -2.13. The molecule has 5 heteroatoms. The summed E-state index contributed by atoms with van der Waals surface area (Å²) in [7, 11) is 0. The number of aliphatic imine (C=N–C) groups is 1. The fraction of sp³-hybridized carbons (Fsp3) is 0.333. The molecule has 0 unspecified atom stereocenters. The summed E-state index contributed by atoms with van der Waals surface area (Å²) in [6, 6.07) is 11.5. The lowest BCUT2D eigenvalue weighted by Crippen LogP contribution is -2.14. The highest BCUT2D eigenvalue weighted by atomic mass is 32.2. The van der Waals surface area contributed by atoms with E-state index in [0.29, 0.717) is 12.4 Å². The molecule has 0 aliphatic carbocycles. The average molecular weight is 328 g/mol. The van der Waals surface area contributed by atoms with E-state index in [0.717, 1.165) is 36.5 Å². The molecule has 1 aromatic carbocycles. The topological polar surface area (TPSA) is 43.6 Å². The molecule has 0 spiro atoms. The number of aryl methyl sites for hydroxylation is 2. The van der Waals surface area contributed by atoms with Gasteiger partial charge in [0.1, 0.15) is 6.61 Å². The maximum absolute atomic E-state index is 12.1. The van der Waals surface area contributed by atoms with Crippen LogP contribution in [0, 0.1) is 6.92 Å². The Morgan fingerprint density at radius 3 is 2.87 bits per heavy atom. The van der Waals surface area contributed by atoms with Crippen LogP contribution in [0.1, 0.15) is 17.7 Å². The third-order valence-corrected chi connectivity index (χ3v) is 4.81. The molecule has 0 saturated carbocycles. The Balaban J connectivity index is 1.69. The van der Waals surface area contributed by atoms with E-state index in [1.807, 2.05) is 55.2 Å². The second kappa shape index (κ2) is 7.51. The number of rotatable bonds is 6. The molecule has 0 fully saturated rings. The Labute approximate surface area is 140 Å².